The van der Waals surface area contributed by atoms with Crippen LogP contribution in [0.4, 0.5) is 5.69 Å². The number of carbonyl (C=O) groups is 2. The number of carbonyl (C=O) groups excluding carboxylic acids is 2. The molecule has 1 aliphatic heterocycles. The number of thioether (sulfide) groups is 1. The molecule has 178 valence electrons. The summed E-state index contributed by atoms with van der Waals surface area (Å²) in [5.74, 6) is 0.599. The van der Waals surface area contributed by atoms with Gasteiger partial charge in [0, 0.05) is 24.2 Å². The van der Waals surface area contributed by atoms with E-state index in [1.54, 1.807) is 48.5 Å². The number of hydrogen-bond acceptors (Lipinski definition) is 6. The zero-order valence-corrected chi connectivity index (χ0v) is 20.7. The van der Waals surface area contributed by atoms with Crippen LogP contribution in [0, 0.1) is 0 Å². The van der Waals surface area contributed by atoms with Crippen LogP contribution < -0.4 is 5.32 Å². The number of furan rings is 1. The molecule has 0 aliphatic carbocycles. The van der Waals surface area contributed by atoms with Gasteiger partial charge in [-0.2, -0.15) is 5.10 Å². The van der Waals surface area contributed by atoms with E-state index in [1.807, 2.05) is 18.2 Å². The van der Waals surface area contributed by atoms with Gasteiger partial charge in [0.15, 0.2) is 5.17 Å². The number of nitrogens with zero attached hydrogens (tertiary/aromatic N) is 3. The predicted octanol–water partition coefficient (Wildman–Crippen LogP) is 6.10. The van der Waals surface area contributed by atoms with Crippen LogP contribution in [-0.4, -0.2) is 39.9 Å². The maximum atomic E-state index is 12.8. The molecule has 10 heteroatoms. The number of anilines is 1. The molecule has 2 aromatic carbocycles. The molecule has 7 nitrogen and oxygen atoms in total. The maximum Gasteiger partial charge on any atom is 0.243 e. The first-order chi connectivity index (χ1) is 16.9. The number of amidine groups is 1. The molecule has 2 amide bonds. The lowest BCUT2D eigenvalue weighted by Crippen LogP contribution is -2.33. The summed E-state index contributed by atoms with van der Waals surface area (Å²) in [4.78, 5) is 26.7. The Bertz CT molecular complexity index is 1310. The van der Waals surface area contributed by atoms with E-state index >= 15 is 0 Å². The van der Waals surface area contributed by atoms with E-state index in [9.17, 15) is 9.59 Å². The molecule has 0 radical (unpaired) electrons. The highest BCUT2D eigenvalue weighted by atomic mass is 35.5. The van der Waals surface area contributed by atoms with E-state index in [0.29, 0.717) is 32.4 Å². The first-order valence-corrected chi connectivity index (χ1v) is 12.2. The molecule has 0 bridgehead atoms. The van der Waals surface area contributed by atoms with E-state index in [-0.39, 0.29) is 24.8 Å². The molecule has 1 N–H and O–H groups in total. The van der Waals surface area contributed by atoms with Gasteiger partial charge in [0.1, 0.15) is 16.8 Å². The Kier molecular flexibility index (Phi) is 8.07. The van der Waals surface area contributed by atoms with E-state index in [1.165, 1.54) is 22.9 Å². The van der Waals surface area contributed by atoms with E-state index < -0.39 is 5.25 Å². The van der Waals surface area contributed by atoms with Gasteiger partial charge in [0.25, 0.3) is 0 Å². The highest BCUT2D eigenvalue weighted by Gasteiger charge is 2.38. The van der Waals surface area contributed by atoms with Crippen molar-refractivity contribution in [3.8, 4) is 11.3 Å². The Labute approximate surface area is 216 Å². The Hall–Kier alpha value is -3.33. The highest BCUT2D eigenvalue weighted by Crippen LogP contribution is 2.31. The molecule has 1 aliphatic rings. The fraction of sp³-hybridized carbons (Fsp3) is 0.120. The molecule has 1 fully saturated rings. The van der Waals surface area contributed by atoms with Gasteiger partial charge < -0.3 is 9.73 Å². The number of hydrogen-bond donors (Lipinski definition) is 1. The minimum atomic E-state index is -0.600. The second-order valence-electron chi connectivity index (χ2n) is 7.42. The lowest BCUT2D eigenvalue weighted by molar-refractivity contribution is -0.127. The van der Waals surface area contributed by atoms with E-state index in [0.717, 1.165) is 5.56 Å². The van der Waals surface area contributed by atoms with Crippen LogP contribution >= 0.6 is 35.0 Å². The number of amides is 2. The van der Waals surface area contributed by atoms with Crippen LogP contribution in [0.15, 0.2) is 87.9 Å². The lowest BCUT2D eigenvalue weighted by atomic mass is 10.2. The summed E-state index contributed by atoms with van der Waals surface area (Å²) in [5.41, 5.74) is 1.45. The second kappa shape index (κ2) is 11.4. The monoisotopic (exact) mass is 526 g/mol. The second-order valence-corrected chi connectivity index (χ2v) is 9.40. The summed E-state index contributed by atoms with van der Waals surface area (Å²) in [7, 11) is 0. The first-order valence-electron chi connectivity index (χ1n) is 10.5. The topological polar surface area (TPSA) is 87.3 Å². The summed E-state index contributed by atoms with van der Waals surface area (Å²) in [6.07, 6.45) is 3.06. The summed E-state index contributed by atoms with van der Waals surface area (Å²) in [6, 6.07) is 17.8. The van der Waals surface area contributed by atoms with Crippen LogP contribution in [0.5, 0.6) is 0 Å². The Balaban J connectivity index is 1.43. The Morgan fingerprint density at radius 2 is 1.94 bits per heavy atom. The van der Waals surface area contributed by atoms with Gasteiger partial charge in [0.2, 0.25) is 11.8 Å². The average Bonchev–Trinajstić information content (AvgIpc) is 3.42. The minimum Gasteiger partial charge on any atom is -0.455 e. The van der Waals surface area contributed by atoms with Gasteiger partial charge in [-0.15, -0.1) is 11.7 Å². The van der Waals surface area contributed by atoms with E-state index in [4.69, 9.17) is 27.6 Å². The number of benzene rings is 2. The molecule has 1 aromatic heterocycles. The molecular weight excluding hydrogens is 507 g/mol. The predicted molar refractivity (Wildman–Crippen MR) is 142 cm³/mol. The van der Waals surface area contributed by atoms with Gasteiger partial charge in [-0.1, -0.05) is 59.2 Å². The fourth-order valence-electron chi connectivity index (χ4n) is 3.28. The Morgan fingerprint density at radius 3 is 2.69 bits per heavy atom. The zero-order valence-electron chi connectivity index (χ0n) is 18.4. The van der Waals surface area contributed by atoms with Gasteiger partial charge >= 0.3 is 0 Å². The van der Waals surface area contributed by atoms with Crippen LogP contribution in [0.25, 0.3) is 11.3 Å². The standard InChI is InChI=1S/C25H20Cl2N4O3S/c1-2-12-31-24(33)22(14-23(32)29-17-6-4-3-5-7-17)35-25(31)30-28-15-18-9-11-21(34-18)16-8-10-19(26)20(27)13-16/h2-11,13,15,22H,1,12,14H2,(H,29,32)/b28-15+,30-25-. The average molecular weight is 527 g/mol. The van der Waals surface area contributed by atoms with Crippen molar-refractivity contribution in [3.05, 3.63) is 89.1 Å². The third-order valence-electron chi connectivity index (χ3n) is 4.92. The molecule has 1 atom stereocenters. The summed E-state index contributed by atoms with van der Waals surface area (Å²) in [6.45, 7) is 3.96. The largest absolute Gasteiger partial charge is 0.455 e. The van der Waals surface area contributed by atoms with Crippen LogP contribution in [-0.2, 0) is 9.59 Å². The van der Waals surface area contributed by atoms with Crippen molar-refractivity contribution in [1.29, 1.82) is 0 Å². The van der Waals surface area contributed by atoms with Gasteiger partial charge in [-0.05, 0) is 42.5 Å². The third kappa shape index (κ3) is 6.22. The third-order valence-corrected chi connectivity index (χ3v) is 6.82. The van der Waals surface area contributed by atoms with Crippen molar-refractivity contribution in [2.24, 2.45) is 10.2 Å². The SMILES string of the molecule is C=CCN1C(=O)C(CC(=O)Nc2ccccc2)S/C1=N\N=C\c1ccc(-c2ccc(Cl)c(Cl)c2)o1. The molecule has 1 unspecified atom stereocenters. The number of halogens is 2. The summed E-state index contributed by atoms with van der Waals surface area (Å²) >= 11 is 13.2. The van der Waals surface area contributed by atoms with E-state index in [2.05, 4.69) is 22.1 Å². The smallest absolute Gasteiger partial charge is 0.243 e. The van der Waals surface area contributed by atoms with Gasteiger partial charge in [-0.25, -0.2) is 0 Å². The molecule has 3 aromatic rings. The van der Waals surface area contributed by atoms with Crippen molar-refractivity contribution in [2.75, 3.05) is 11.9 Å². The van der Waals surface area contributed by atoms with Gasteiger partial charge in [0.05, 0.1) is 16.3 Å². The van der Waals surface area contributed by atoms with Crippen molar-refractivity contribution in [3.63, 3.8) is 0 Å². The van der Waals surface area contributed by atoms with Crippen molar-refractivity contribution in [1.82, 2.24) is 4.90 Å². The van der Waals surface area contributed by atoms with Crippen LogP contribution in [0.1, 0.15) is 12.2 Å². The number of nitrogens with one attached hydrogen (secondary N) is 1. The highest BCUT2D eigenvalue weighted by molar-refractivity contribution is 8.15. The molecule has 0 saturated carbocycles. The fourth-order valence-corrected chi connectivity index (χ4v) is 4.68. The normalized spacial score (nSPS) is 16.9. The molecule has 0 spiro atoms. The van der Waals surface area contributed by atoms with Crippen LogP contribution in [0.2, 0.25) is 10.0 Å². The summed E-state index contributed by atoms with van der Waals surface area (Å²) in [5, 5.41) is 11.8. The molecule has 35 heavy (non-hydrogen) atoms. The summed E-state index contributed by atoms with van der Waals surface area (Å²) < 4.78 is 5.78. The molecule has 2 heterocycles. The van der Waals surface area contributed by atoms with Crippen molar-refractivity contribution in [2.45, 2.75) is 11.7 Å². The number of rotatable bonds is 8. The molecule has 4 rings (SSSR count). The van der Waals surface area contributed by atoms with Crippen LogP contribution in [0.3, 0.4) is 0 Å². The van der Waals surface area contributed by atoms with Crippen molar-refractivity contribution >= 4 is 63.8 Å². The molecule has 1 saturated heterocycles. The first kappa shape index (κ1) is 24.8. The minimum absolute atomic E-state index is 0.0139. The molecular formula is C25H20Cl2N4O3S. The lowest BCUT2D eigenvalue weighted by Gasteiger charge is -2.12. The Morgan fingerprint density at radius 1 is 1.14 bits per heavy atom. The maximum absolute atomic E-state index is 12.8. The zero-order chi connectivity index (χ0) is 24.8. The van der Waals surface area contributed by atoms with Crippen molar-refractivity contribution < 1.29 is 14.0 Å². The van der Waals surface area contributed by atoms with Gasteiger partial charge in [-0.3, -0.25) is 14.5 Å². The quantitative estimate of drug-likeness (QED) is 0.218. The number of para-hydroxylation sites is 1.